The average molecular weight is 768 g/mol. The molecule has 0 heterocycles. The molecule has 1 heteroatoms. The topological polar surface area (TPSA) is 3.24 Å². The van der Waals surface area contributed by atoms with Crippen molar-refractivity contribution in [2.24, 2.45) is 0 Å². The Hall–Kier alpha value is -7.22. The Morgan fingerprint density at radius 3 is 1.87 bits per heavy atom. The highest BCUT2D eigenvalue weighted by atomic mass is 15.1. The maximum absolute atomic E-state index is 3.90. The van der Waals surface area contributed by atoms with Crippen LogP contribution >= 0.6 is 0 Å². The van der Waals surface area contributed by atoms with Gasteiger partial charge in [0.2, 0.25) is 0 Å². The van der Waals surface area contributed by atoms with Gasteiger partial charge in [-0.25, -0.2) is 0 Å². The lowest BCUT2D eigenvalue weighted by molar-refractivity contribution is 0.670. The van der Waals surface area contributed by atoms with Gasteiger partial charge in [0, 0.05) is 16.9 Å². The quantitative estimate of drug-likeness (QED) is 0.146. The maximum Gasteiger partial charge on any atom is 0.0683 e. The van der Waals surface area contributed by atoms with E-state index < -0.39 is 5.41 Å². The van der Waals surface area contributed by atoms with E-state index in [9.17, 15) is 0 Å². The van der Waals surface area contributed by atoms with Crippen LogP contribution in [-0.4, -0.2) is 0 Å². The fraction of sp³-hybridized carbons (Fsp3) is 0.0847. The highest BCUT2D eigenvalue weighted by Crippen LogP contribution is 2.63. The lowest BCUT2D eigenvalue weighted by Crippen LogP contribution is -2.36. The van der Waals surface area contributed by atoms with Gasteiger partial charge in [-0.1, -0.05) is 183 Å². The third-order valence-corrected chi connectivity index (χ3v) is 13.2. The average Bonchev–Trinajstić information content (AvgIpc) is 3.61. The molecule has 0 radical (unpaired) electrons. The molecular weight excluding hydrogens is 723 g/mol. The molecule has 0 fully saturated rings. The van der Waals surface area contributed by atoms with Gasteiger partial charge >= 0.3 is 0 Å². The number of benzene rings is 8. The van der Waals surface area contributed by atoms with Crippen molar-refractivity contribution in [3.05, 3.63) is 257 Å². The van der Waals surface area contributed by atoms with Crippen LogP contribution in [0.1, 0.15) is 58.7 Å². The summed E-state index contributed by atoms with van der Waals surface area (Å²) >= 11 is 0. The Morgan fingerprint density at radius 1 is 0.600 bits per heavy atom. The SMILES string of the molecule is C=C/C=C\C(=C/C)c1ccc(N(c2ccc(-c3ccccc3)cc2)c2cccc3c2C2=C(CCC=C2)C32c3ccc4ccccc4c3Cc3c2ccc2ccccc32)cc1. The lowest BCUT2D eigenvalue weighted by Gasteiger charge is -2.43. The van der Waals surface area contributed by atoms with Crippen molar-refractivity contribution in [3.8, 4) is 11.1 Å². The van der Waals surface area contributed by atoms with Gasteiger partial charge in [0.25, 0.3) is 0 Å². The lowest BCUT2D eigenvalue weighted by atomic mass is 9.59. The number of hydrogen-bond acceptors (Lipinski definition) is 1. The fourth-order valence-corrected chi connectivity index (χ4v) is 10.7. The summed E-state index contributed by atoms with van der Waals surface area (Å²) < 4.78 is 0. The summed E-state index contributed by atoms with van der Waals surface area (Å²) in [5, 5.41) is 5.31. The largest absolute Gasteiger partial charge is 0.310 e. The van der Waals surface area contributed by atoms with E-state index in [4.69, 9.17) is 0 Å². The van der Waals surface area contributed by atoms with E-state index in [0.29, 0.717) is 0 Å². The molecule has 11 rings (SSSR count). The summed E-state index contributed by atoms with van der Waals surface area (Å²) in [6.07, 6.45) is 15.9. The Morgan fingerprint density at radius 2 is 1.22 bits per heavy atom. The van der Waals surface area contributed by atoms with E-state index in [0.717, 1.165) is 30.6 Å². The smallest absolute Gasteiger partial charge is 0.0683 e. The van der Waals surface area contributed by atoms with Gasteiger partial charge in [0.15, 0.2) is 0 Å². The number of hydrogen-bond donors (Lipinski definition) is 0. The van der Waals surface area contributed by atoms with Crippen LogP contribution in [0.5, 0.6) is 0 Å². The highest BCUT2D eigenvalue weighted by molar-refractivity contribution is 6.02. The second-order valence-electron chi connectivity index (χ2n) is 16.2. The molecule has 286 valence electrons. The molecule has 0 aromatic heterocycles. The predicted octanol–water partition coefficient (Wildman–Crippen LogP) is 15.6. The maximum atomic E-state index is 3.90. The van der Waals surface area contributed by atoms with Crippen LogP contribution in [0.2, 0.25) is 0 Å². The van der Waals surface area contributed by atoms with Crippen molar-refractivity contribution in [1.29, 1.82) is 0 Å². The number of rotatable bonds is 7. The minimum atomic E-state index is -0.437. The van der Waals surface area contributed by atoms with Crippen LogP contribution in [0.15, 0.2) is 218 Å². The van der Waals surface area contributed by atoms with Crippen molar-refractivity contribution in [1.82, 2.24) is 0 Å². The second kappa shape index (κ2) is 14.6. The number of nitrogens with zero attached hydrogens (tertiary/aromatic N) is 1. The highest BCUT2D eigenvalue weighted by Gasteiger charge is 2.52. The zero-order valence-corrected chi connectivity index (χ0v) is 33.9. The molecule has 0 aliphatic heterocycles. The normalized spacial score (nSPS) is 15.0. The molecule has 8 aromatic carbocycles. The number of allylic oxidation sites excluding steroid dienone is 9. The predicted molar refractivity (Wildman–Crippen MR) is 255 cm³/mol. The van der Waals surface area contributed by atoms with Crippen molar-refractivity contribution in [2.75, 3.05) is 4.90 Å². The van der Waals surface area contributed by atoms with Gasteiger partial charge in [-0.15, -0.1) is 0 Å². The zero-order chi connectivity index (χ0) is 40.2. The molecule has 0 N–H and O–H groups in total. The van der Waals surface area contributed by atoms with Crippen LogP contribution in [0.25, 0.3) is 43.8 Å². The molecule has 1 spiro atoms. The van der Waals surface area contributed by atoms with Crippen molar-refractivity contribution in [2.45, 2.75) is 31.6 Å². The first-order chi connectivity index (χ1) is 29.7. The Kier molecular flexibility index (Phi) is 8.71. The van der Waals surface area contributed by atoms with Crippen molar-refractivity contribution in [3.63, 3.8) is 0 Å². The van der Waals surface area contributed by atoms with Crippen molar-refractivity contribution >= 4 is 49.8 Å². The van der Waals surface area contributed by atoms with Gasteiger partial charge < -0.3 is 4.90 Å². The minimum Gasteiger partial charge on any atom is -0.310 e. The molecule has 0 unspecified atom stereocenters. The third-order valence-electron chi connectivity index (χ3n) is 13.2. The molecule has 8 aromatic rings. The summed E-state index contributed by atoms with van der Waals surface area (Å²) in [7, 11) is 0. The first-order valence-electron chi connectivity index (χ1n) is 21.3. The van der Waals surface area contributed by atoms with E-state index in [1.807, 2.05) is 12.2 Å². The summed E-state index contributed by atoms with van der Waals surface area (Å²) in [6, 6.07) is 63.6. The van der Waals surface area contributed by atoms with E-state index in [1.54, 1.807) is 0 Å². The van der Waals surface area contributed by atoms with Crippen molar-refractivity contribution < 1.29 is 0 Å². The molecule has 0 amide bonds. The van der Waals surface area contributed by atoms with Gasteiger partial charge in [0.1, 0.15) is 0 Å². The summed E-state index contributed by atoms with van der Waals surface area (Å²) in [4.78, 5) is 2.49. The Labute approximate surface area is 353 Å². The summed E-state index contributed by atoms with van der Waals surface area (Å²) in [6.45, 7) is 6.00. The first kappa shape index (κ1) is 35.9. The Bertz CT molecular complexity index is 3030. The monoisotopic (exact) mass is 767 g/mol. The molecule has 3 aliphatic carbocycles. The van der Waals surface area contributed by atoms with Crippen LogP contribution in [-0.2, 0) is 11.8 Å². The number of anilines is 3. The first-order valence-corrected chi connectivity index (χ1v) is 21.3. The molecule has 60 heavy (non-hydrogen) atoms. The summed E-state index contributed by atoms with van der Waals surface area (Å²) in [5.41, 5.74) is 19.1. The molecule has 0 atom stereocenters. The van der Waals surface area contributed by atoms with Crippen LogP contribution in [0, 0.1) is 0 Å². The van der Waals surface area contributed by atoms with E-state index in [-0.39, 0.29) is 0 Å². The fourth-order valence-electron chi connectivity index (χ4n) is 10.7. The van der Waals surface area contributed by atoms with E-state index in [2.05, 4.69) is 213 Å². The molecule has 0 bridgehead atoms. The molecule has 3 aliphatic rings. The van der Waals surface area contributed by atoms with E-state index in [1.165, 1.54) is 94.0 Å². The molecule has 0 saturated heterocycles. The van der Waals surface area contributed by atoms with Gasteiger partial charge in [-0.05, 0) is 139 Å². The van der Waals surface area contributed by atoms with Crippen LogP contribution < -0.4 is 4.90 Å². The minimum absolute atomic E-state index is 0.437. The molecular formula is C59H45N. The third kappa shape index (κ3) is 5.46. The zero-order valence-electron chi connectivity index (χ0n) is 33.9. The molecule has 1 nitrogen and oxygen atoms in total. The molecule has 0 saturated carbocycles. The Balaban J connectivity index is 1.19. The van der Waals surface area contributed by atoms with Gasteiger partial charge in [0.05, 0.1) is 11.1 Å². The van der Waals surface area contributed by atoms with Crippen LogP contribution in [0.3, 0.4) is 0 Å². The second-order valence-corrected chi connectivity index (χ2v) is 16.2. The van der Waals surface area contributed by atoms with Crippen LogP contribution in [0.4, 0.5) is 17.1 Å². The van der Waals surface area contributed by atoms with E-state index >= 15 is 0 Å². The standard InChI is InChI=1S/C59H45N/c1-3-5-16-40(4-2)42-27-33-46(34-28-42)60(47-35-29-43(30-36-47)41-17-7-6-8-18-41)57-26-15-25-56-58(57)50-23-13-14-24-53(50)59(56)54-37-31-44-19-9-11-21-48(44)51(54)39-52-49-22-12-10-20-45(49)32-38-55(52)59/h3-13,15-23,25-38H,1,14,24,39H2,2H3/b16-5-,40-4+. The summed E-state index contributed by atoms with van der Waals surface area (Å²) in [5.74, 6) is 0. The van der Waals surface area contributed by atoms with Gasteiger partial charge in [-0.3, -0.25) is 0 Å². The van der Waals surface area contributed by atoms with Gasteiger partial charge in [-0.2, -0.15) is 0 Å². The number of fused-ring (bicyclic) bond motifs is 12.